The quantitative estimate of drug-likeness (QED) is 0.357. The number of hydrogen-bond donors (Lipinski definition) is 1. The number of sulfonamides is 1. The number of aryl methyl sites for hydroxylation is 1. The molecule has 0 aliphatic carbocycles. The van der Waals surface area contributed by atoms with E-state index < -0.39 is 28.5 Å². The largest absolute Gasteiger partial charge is 0.495 e. The van der Waals surface area contributed by atoms with Crippen LogP contribution in [0.15, 0.2) is 77.7 Å². The molecule has 0 saturated heterocycles. The Morgan fingerprint density at radius 2 is 1.67 bits per heavy atom. The maximum atomic E-state index is 13.9. The molecule has 0 aromatic heterocycles. The van der Waals surface area contributed by atoms with E-state index in [1.165, 1.54) is 36.3 Å². The fraction of sp³-hybridized carbons (Fsp3) is 0.310. The van der Waals surface area contributed by atoms with E-state index in [4.69, 9.17) is 16.3 Å². The number of benzene rings is 3. The van der Waals surface area contributed by atoms with Crippen molar-refractivity contribution in [3.05, 3.63) is 88.9 Å². The molecule has 10 heteroatoms. The first-order valence-corrected chi connectivity index (χ1v) is 14.3. The van der Waals surface area contributed by atoms with Crippen molar-refractivity contribution < 1.29 is 22.7 Å². The highest BCUT2D eigenvalue weighted by atomic mass is 35.5. The summed E-state index contributed by atoms with van der Waals surface area (Å²) in [4.78, 5) is 28.3. The van der Waals surface area contributed by atoms with E-state index in [-0.39, 0.29) is 34.1 Å². The number of hydrogen-bond acceptors (Lipinski definition) is 5. The maximum absolute atomic E-state index is 13.9. The molecule has 3 aromatic rings. The lowest BCUT2D eigenvalue weighted by Crippen LogP contribution is -2.52. The van der Waals surface area contributed by atoms with Gasteiger partial charge >= 0.3 is 0 Å². The first-order valence-electron chi connectivity index (χ1n) is 12.5. The number of carbonyl (C=O) groups is 2. The van der Waals surface area contributed by atoms with Crippen LogP contribution in [-0.4, -0.2) is 50.9 Å². The summed E-state index contributed by atoms with van der Waals surface area (Å²) in [6, 6.07) is 19.0. The van der Waals surface area contributed by atoms with Crippen LogP contribution >= 0.6 is 11.6 Å². The van der Waals surface area contributed by atoms with Crippen molar-refractivity contribution in [1.29, 1.82) is 0 Å². The average Bonchev–Trinajstić information content (AvgIpc) is 2.90. The van der Waals surface area contributed by atoms with Gasteiger partial charge in [0.2, 0.25) is 11.8 Å². The number of methoxy groups -OCH3 is 1. The molecule has 0 aliphatic rings. The number of carbonyl (C=O) groups excluding carboxylic acids is 2. The van der Waals surface area contributed by atoms with Crippen molar-refractivity contribution in [3.63, 3.8) is 0 Å². The van der Waals surface area contributed by atoms with Gasteiger partial charge in [-0.05, 0) is 63.6 Å². The Hall–Kier alpha value is -3.56. The normalized spacial score (nSPS) is 12.1. The highest BCUT2D eigenvalue weighted by Gasteiger charge is 2.33. The third-order valence-corrected chi connectivity index (χ3v) is 8.15. The highest BCUT2D eigenvalue weighted by molar-refractivity contribution is 7.92. The van der Waals surface area contributed by atoms with Gasteiger partial charge in [0.05, 0.1) is 22.7 Å². The fourth-order valence-corrected chi connectivity index (χ4v) is 5.73. The van der Waals surface area contributed by atoms with Crippen LogP contribution in [-0.2, 0) is 26.2 Å². The second-order valence-corrected chi connectivity index (χ2v) is 11.8. The van der Waals surface area contributed by atoms with Gasteiger partial charge in [-0.1, -0.05) is 59.6 Å². The number of anilines is 1. The number of halogens is 1. The minimum absolute atomic E-state index is 0.0144. The smallest absolute Gasteiger partial charge is 0.264 e. The van der Waals surface area contributed by atoms with E-state index in [1.807, 2.05) is 45.0 Å². The van der Waals surface area contributed by atoms with Gasteiger partial charge in [-0.2, -0.15) is 0 Å². The predicted octanol–water partition coefficient (Wildman–Crippen LogP) is 4.79. The first kappa shape index (κ1) is 30.0. The molecule has 0 unspecified atom stereocenters. The summed E-state index contributed by atoms with van der Waals surface area (Å²) in [7, 11) is -2.72. The van der Waals surface area contributed by atoms with Gasteiger partial charge in [-0.15, -0.1) is 0 Å². The third kappa shape index (κ3) is 7.52. The lowest BCUT2D eigenvalue weighted by atomic mass is 10.1. The molecule has 208 valence electrons. The molecule has 1 atom stereocenters. The van der Waals surface area contributed by atoms with E-state index in [0.717, 1.165) is 15.4 Å². The van der Waals surface area contributed by atoms with E-state index in [0.29, 0.717) is 5.75 Å². The van der Waals surface area contributed by atoms with E-state index >= 15 is 0 Å². The van der Waals surface area contributed by atoms with Crippen LogP contribution in [0.4, 0.5) is 5.69 Å². The van der Waals surface area contributed by atoms with Gasteiger partial charge in [-0.25, -0.2) is 8.42 Å². The molecule has 0 saturated carbocycles. The summed E-state index contributed by atoms with van der Waals surface area (Å²) in [5.41, 5.74) is 2.01. The van der Waals surface area contributed by atoms with Gasteiger partial charge in [-0.3, -0.25) is 13.9 Å². The summed E-state index contributed by atoms with van der Waals surface area (Å²) in [5.74, 6) is -0.519. The summed E-state index contributed by atoms with van der Waals surface area (Å²) < 4.78 is 33.8. The van der Waals surface area contributed by atoms with Crippen molar-refractivity contribution >= 4 is 39.1 Å². The lowest BCUT2D eigenvalue weighted by molar-refractivity contribution is -0.139. The highest BCUT2D eigenvalue weighted by Crippen LogP contribution is 2.32. The molecule has 0 radical (unpaired) electrons. The average molecular weight is 572 g/mol. The van der Waals surface area contributed by atoms with Crippen molar-refractivity contribution in [1.82, 2.24) is 10.2 Å². The second kappa shape index (κ2) is 13.0. The first-order chi connectivity index (χ1) is 18.4. The zero-order valence-corrected chi connectivity index (χ0v) is 24.3. The number of ether oxygens (including phenoxy) is 1. The van der Waals surface area contributed by atoms with Gasteiger partial charge in [0, 0.05) is 12.6 Å². The maximum Gasteiger partial charge on any atom is 0.264 e. The van der Waals surface area contributed by atoms with Crippen LogP contribution < -0.4 is 14.4 Å². The Balaban J connectivity index is 2.06. The molecule has 0 heterocycles. The minimum atomic E-state index is -4.18. The molecule has 0 aliphatic heterocycles. The Labute approximate surface area is 235 Å². The topological polar surface area (TPSA) is 96.0 Å². The minimum Gasteiger partial charge on any atom is -0.495 e. The van der Waals surface area contributed by atoms with E-state index in [9.17, 15) is 18.0 Å². The van der Waals surface area contributed by atoms with Gasteiger partial charge in [0.15, 0.2) is 0 Å². The van der Waals surface area contributed by atoms with Crippen LogP contribution in [0.1, 0.15) is 31.9 Å². The fourth-order valence-electron chi connectivity index (χ4n) is 4.05. The predicted molar refractivity (Wildman–Crippen MR) is 153 cm³/mol. The van der Waals surface area contributed by atoms with Gasteiger partial charge < -0.3 is 15.0 Å². The molecule has 3 aromatic carbocycles. The van der Waals surface area contributed by atoms with Crippen LogP contribution in [0.3, 0.4) is 0 Å². The number of amides is 2. The summed E-state index contributed by atoms with van der Waals surface area (Å²) in [5, 5.41) is 3.03. The van der Waals surface area contributed by atoms with Crippen molar-refractivity contribution in [2.75, 3.05) is 18.0 Å². The number of rotatable bonds is 11. The summed E-state index contributed by atoms with van der Waals surface area (Å²) in [6.07, 6.45) is 0. The summed E-state index contributed by atoms with van der Waals surface area (Å²) in [6.45, 7) is 6.80. The number of nitrogens with zero attached hydrogens (tertiary/aromatic N) is 2. The Morgan fingerprint density at radius 3 is 2.26 bits per heavy atom. The lowest BCUT2D eigenvalue weighted by Gasteiger charge is -2.32. The molecule has 1 N–H and O–H groups in total. The van der Waals surface area contributed by atoms with Crippen molar-refractivity contribution in [2.24, 2.45) is 0 Å². The van der Waals surface area contributed by atoms with E-state index in [1.54, 1.807) is 31.2 Å². The van der Waals surface area contributed by atoms with Crippen LogP contribution in [0.25, 0.3) is 0 Å². The third-order valence-electron chi connectivity index (χ3n) is 6.07. The van der Waals surface area contributed by atoms with Crippen LogP contribution in [0.5, 0.6) is 5.75 Å². The monoisotopic (exact) mass is 571 g/mol. The summed E-state index contributed by atoms with van der Waals surface area (Å²) >= 11 is 6.34. The molecular formula is C29H34ClN3O5S. The Bertz CT molecular complexity index is 1410. The molecule has 0 fully saturated rings. The zero-order chi connectivity index (χ0) is 28.7. The van der Waals surface area contributed by atoms with E-state index in [2.05, 4.69) is 5.32 Å². The molecule has 39 heavy (non-hydrogen) atoms. The Morgan fingerprint density at radius 1 is 0.974 bits per heavy atom. The molecule has 0 bridgehead atoms. The Kier molecular flexibility index (Phi) is 9.99. The molecule has 2 amide bonds. The zero-order valence-electron chi connectivity index (χ0n) is 22.7. The molecule has 8 nitrogen and oxygen atoms in total. The van der Waals surface area contributed by atoms with Crippen molar-refractivity contribution in [3.8, 4) is 5.75 Å². The SMILES string of the molecule is COc1ccc(N(CC(=O)N(Cc2cccc(C)c2)[C@@H](C)C(=O)NC(C)C)S(=O)(=O)c2ccccc2)cc1Cl. The van der Waals surface area contributed by atoms with Gasteiger partial charge in [0.25, 0.3) is 10.0 Å². The van der Waals surface area contributed by atoms with Crippen LogP contribution in [0, 0.1) is 6.92 Å². The number of nitrogens with one attached hydrogen (secondary N) is 1. The standard InChI is InChI=1S/C29H34ClN3O5S/c1-20(2)31-29(35)22(4)32(18-23-11-9-10-21(3)16-23)28(34)19-33(24-14-15-27(38-5)26(30)17-24)39(36,37)25-12-7-6-8-13-25/h6-17,20,22H,18-19H2,1-5H3,(H,31,35)/t22-/m0/s1. The van der Waals surface area contributed by atoms with Crippen LogP contribution in [0.2, 0.25) is 5.02 Å². The second-order valence-electron chi connectivity index (χ2n) is 9.49. The molecule has 3 rings (SSSR count). The molecule has 0 spiro atoms. The molecular weight excluding hydrogens is 538 g/mol. The van der Waals surface area contributed by atoms with Gasteiger partial charge in [0.1, 0.15) is 18.3 Å². The van der Waals surface area contributed by atoms with Crippen molar-refractivity contribution in [2.45, 2.75) is 51.2 Å².